The molecule has 2 rings (SSSR count). The average molecular weight is 260 g/mol. The van der Waals surface area contributed by atoms with Crippen molar-refractivity contribution in [3.63, 3.8) is 0 Å². The van der Waals surface area contributed by atoms with E-state index >= 15 is 0 Å². The summed E-state index contributed by atoms with van der Waals surface area (Å²) in [6.07, 6.45) is 0. The summed E-state index contributed by atoms with van der Waals surface area (Å²) in [5, 5.41) is 2.79. The maximum absolute atomic E-state index is 12.1. The van der Waals surface area contributed by atoms with E-state index in [0.29, 0.717) is 29.5 Å². The van der Waals surface area contributed by atoms with E-state index in [1.165, 1.54) is 7.11 Å². The molecule has 2 aromatic rings. The maximum Gasteiger partial charge on any atom is 0.255 e. The summed E-state index contributed by atoms with van der Waals surface area (Å²) in [4.78, 5) is 16.2. The molecule has 0 atom stereocenters. The number of hydrogen-bond donors (Lipinski definition) is 1. The minimum Gasteiger partial charge on any atom is -0.496 e. The molecule has 0 unspecified atom stereocenters. The molecule has 1 heterocycles. The molecule has 0 fully saturated rings. The number of oxazole rings is 1. The molecule has 0 aliphatic heterocycles. The maximum atomic E-state index is 12.1. The van der Waals surface area contributed by atoms with Crippen LogP contribution in [0.1, 0.15) is 27.7 Å². The second-order valence-electron chi connectivity index (χ2n) is 4.12. The van der Waals surface area contributed by atoms with Gasteiger partial charge in [0.2, 0.25) is 0 Å². The molecule has 5 heteroatoms. The van der Waals surface area contributed by atoms with Gasteiger partial charge in [-0.1, -0.05) is 12.1 Å². The number of hydrogen-bond acceptors (Lipinski definition) is 4. The van der Waals surface area contributed by atoms with E-state index in [4.69, 9.17) is 9.15 Å². The molecule has 1 aromatic heterocycles. The number of para-hydroxylation sites is 1. The van der Waals surface area contributed by atoms with Gasteiger partial charge in [0.05, 0.1) is 24.9 Å². The van der Waals surface area contributed by atoms with Crippen LogP contribution in [0, 0.1) is 13.8 Å². The molecule has 0 radical (unpaired) electrons. The predicted octanol–water partition coefficient (Wildman–Crippen LogP) is 2.23. The number of ether oxygens (including phenoxy) is 1. The predicted molar refractivity (Wildman–Crippen MR) is 70.1 cm³/mol. The Balaban J connectivity index is 2.07. The first kappa shape index (κ1) is 13.1. The van der Waals surface area contributed by atoms with Gasteiger partial charge in [-0.15, -0.1) is 0 Å². The van der Waals surface area contributed by atoms with Crippen LogP contribution in [0.5, 0.6) is 5.75 Å². The second-order valence-corrected chi connectivity index (χ2v) is 4.12. The third-order valence-corrected chi connectivity index (χ3v) is 2.76. The Labute approximate surface area is 111 Å². The molecule has 0 bridgehead atoms. The molecule has 0 saturated heterocycles. The average Bonchev–Trinajstić information content (AvgIpc) is 2.74. The zero-order chi connectivity index (χ0) is 13.8. The molecular weight excluding hydrogens is 244 g/mol. The van der Waals surface area contributed by atoms with Crippen molar-refractivity contribution in [2.75, 3.05) is 7.11 Å². The quantitative estimate of drug-likeness (QED) is 0.915. The Morgan fingerprint density at radius 2 is 2.11 bits per heavy atom. The fraction of sp³-hybridized carbons (Fsp3) is 0.286. The van der Waals surface area contributed by atoms with E-state index in [-0.39, 0.29) is 5.91 Å². The van der Waals surface area contributed by atoms with Gasteiger partial charge >= 0.3 is 0 Å². The number of nitrogens with one attached hydrogen (secondary N) is 1. The van der Waals surface area contributed by atoms with E-state index in [0.717, 1.165) is 5.69 Å². The number of carbonyl (C=O) groups excluding carboxylic acids is 1. The summed E-state index contributed by atoms with van der Waals surface area (Å²) < 4.78 is 10.5. The highest BCUT2D eigenvalue weighted by Gasteiger charge is 2.13. The highest BCUT2D eigenvalue weighted by Crippen LogP contribution is 2.17. The molecule has 1 aromatic carbocycles. The minimum atomic E-state index is -0.203. The Bertz CT molecular complexity index is 590. The highest BCUT2D eigenvalue weighted by molar-refractivity contribution is 5.96. The first-order valence-electron chi connectivity index (χ1n) is 5.96. The first-order chi connectivity index (χ1) is 9.11. The number of aryl methyl sites for hydroxylation is 2. The van der Waals surface area contributed by atoms with Crippen molar-refractivity contribution < 1.29 is 13.9 Å². The molecule has 1 N–H and O–H groups in total. The van der Waals surface area contributed by atoms with E-state index in [1.54, 1.807) is 25.1 Å². The number of rotatable bonds is 4. The zero-order valence-electron chi connectivity index (χ0n) is 11.2. The smallest absolute Gasteiger partial charge is 0.255 e. The second kappa shape index (κ2) is 5.56. The van der Waals surface area contributed by atoms with Gasteiger partial charge < -0.3 is 14.5 Å². The number of amides is 1. The lowest BCUT2D eigenvalue weighted by Gasteiger charge is -2.08. The van der Waals surface area contributed by atoms with Gasteiger partial charge in [0.15, 0.2) is 5.89 Å². The number of methoxy groups -OCH3 is 1. The molecule has 0 saturated carbocycles. The van der Waals surface area contributed by atoms with Crippen LogP contribution in [-0.2, 0) is 6.54 Å². The van der Waals surface area contributed by atoms with Gasteiger partial charge in [0, 0.05) is 6.92 Å². The Kier molecular flexibility index (Phi) is 3.85. The van der Waals surface area contributed by atoms with Crippen LogP contribution in [0.4, 0.5) is 0 Å². The van der Waals surface area contributed by atoms with Crippen LogP contribution in [-0.4, -0.2) is 18.0 Å². The van der Waals surface area contributed by atoms with Gasteiger partial charge in [0.1, 0.15) is 11.5 Å². The van der Waals surface area contributed by atoms with E-state index < -0.39 is 0 Å². The van der Waals surface area contributed by atoms with Crippen LogP contribution in [0.3, 0.4) is 0 Å². The molecule has 1 amide bonds. The van der Waals surface area contributed by atoms with Crippen molar-refractivity contribution in [3.8, 4) is 5.75 Å². The molecular formula is C14H16N2O3. The first-order valence-corrected chi connectivity index (χ1v) is 5.96. The van der Waals surface area contributed by atoms with E-state index in [2.05, 4.69) is 10.3 Å². The topological polar surface area (TPSA) is 64.4 Å². The van der Waals surface area contributed by atoms with Gasteiger partial charge in [-0.25, -0.2) is 4.98 Å². The zero-order valence-corrected chi connectivity index (χ0v) is 11.2. The number of aromatic nitrogens is 1. The molecule has 100 valence electrons. The van der Waals surface area contributed by atoms with Gasteiger partial charge in [-0.05, 0) is 19.1 Å². The molecule has 0 aliphatic carbocycles. The fourth-order valence-corrected chi connectivity index (χ4v) is 1.83. The monoisotopic (exact) mass is 260 g/mol. The fourth-order valence-electron chi connectivity index (χ4n) is 1.83. The van der Waals surface area contributed by atoms with Crippen LogP contribution in [0.25, 0.3) is 0 Å². The standard InChI is InChI=1S/C14H16N2O3/c1-9-13(19-10(2)16-9)8-15-14(17)11-6-4-5-7-12(11)18-3/h4-7H,8H2,1-3H3,(H,15,17). The largest absolute Gasteiger partial charge is 0.496 e. The molecule has 5 nitrogen and oxygen atoms in total. The molecule has 0 aliphatic rings. The summed E-state index contributed by atoms with van der Waals surface area (Å²) in [5.41, 5.74) is 1.29. The summed E-state index contributed by atoms with van der Waals surface area (Å²) in [6, 6.07) is 7.08. The van der Waals surface area contributed by atoms with Gasteiger partial charge in [0.25, 0.3) is 5.91 Å². The summed E-state index contributed by atoms with van der Waals surface area (Å²) in [6.45, 7) is 3.93. The van der Waals surface area contributed by atoms with Crippen LogP contribution in [0.2, 0.25) is 0 Å². The SMILES string of the molecule is COc1ccccc1C(=O)NCc1oc(C)nc1C. The number of benzene rings is 1. The summed E-state index contributed by atoms with van der Waals surface area (Å²) in [5.74, 6) is 1.61. The van der Waals surface area contributed by atoms with Crippen molar-refractivity contribution in [2.24, 2.45) is 0 Å². The molecule has 19 heavy (non-hydrogen) atoms. The summed E-state index contributed by atoms with van der Waals surface area (Å²) in [7, 11) is 1.54. The lowest BCUT2D eigenvalue weighted by Crippen LogP contribution is -2.23. The lowest BCUT2D eigenvalue weighted by molar-refractivity contribution is 0.0945. The van der Waals surface area contributed by atoms with Crippen LogP contribution in [0.15, 0.2) is 28.7 Å². The van der Waals surface area contributed by atoms with Crippen molar-refractivity contribution in [2.45, 2.75) is 20.4 Å². The number of carbonyl (C=O) groups is 1. The van der Waals surface area contributed by atoms with E-state index in [1.807, 2.05) is 13.0 Å². The third kappa shape index (κ3) is 2.93. The minimum absolute atomic E-state index is 0.203. The highest BCUT2D eigenvalue weighted by atomic mass is 16.5. The third-order valence-electron chi connectivity index (χ3n) is 2.76. The van der Waals surface area contributed by atoms with Gasteiger partial charge in [-0.3, -0.25) is 4.79 Å². The van der Waals surface area contributed by atoms with Crippen molar-refractivity contribution in [1.82, 2.24) is 10.3 Å². The Morgan fingerprint density at radius 3 is 2.74 bits per heavy atom. The van der Waals surface area contributed by atoms with Crippen molar-refractivity contribution >= 4 is 5.91 Å². The number of nitrogens with zero attached hydrogens (tertiary/aromatic N) is 1. The Hall–Kier alpha value is -2.30. The normalized spacial score (nSPS) is 10.3. The van der Waals surface area contributed by atoms with Crippen molar-refractivity contribution in [3.05, 3.63) is 47.2 Å². The van der Waals surface area contributed by atoms with E-state index in [9.17, 15) is 4.79 Å². The van der Waals surface area contributed by atoms with Crippen LogP contribution < -0.4 is 10.1 Å². The Morgan fingerprint density at radius 1 is 1.37 bits per heavy atom. The van der Waals surface area contributed by atoms with Gasteiger partial charge in [-0.2, -0.15) is 0 Å². The molecule has 0 spiro atoms. The summed E-state index contributed by atoms with van der Waals surface area (Å²) >= 11 is 0. The lowest BCUT2D eigenvalue weighted by atomic mass is 10.2. The van der Waals surface area contributed by atoms with Crippen molar-refractivity contribution in [1.29, 1.82) is 0 Å². The van der Waals surface area contributed by atoms with Crippen LogP contribution >= 0.6 is 0 Å².